The van der Waals surface area contributed by atoms with Crippen molar-refractivity contribution in [2.75, 3.05) is 19.7 Å². The van der Waals surface area contributed by atoms with Crippen molar-refractivity contribution in [1.29, 1.82) is 5.41 Å². The monoisotopic (exact) mass is 289 g/mol. The number of amidine groups is 1. The highest BCUT2D eigenvalue weighted by atomic mass is 16.5. The molecule has 0 atom stereocenters. The predicted octanol–water partition coefficient (Wildman–Crippen LogP) is 3.01. The van der Waals surface area contributed by atoms with Gasteiger partial charge in [0.25, 0.3) is 0 Å². The predicted molar refractivity (Wildman–Crippen MR) is 86.8 cm³/mol. The van der Waals surface area contributed by atoms with Crippen molar-refractivity contribution in [2.24, 2.45) is 11.1 Å². The Morgan fingerprint density at radius 3 is 2.86 bits per heavy atom. The number of hydrogen-bond donors (Lipinski definition) is 2. The van der Waals surface area contributed by atoms with E-state index in [-0.39, 0.29) is 5.41 Å². The first-order valence-electron chi connectivity index (χ1n) is 7.76. The van der Waals surface area contributed by atoms with E-state index in [4.69, 9.17) is 15.9 Å². The maximum atomic E-state index is 7.59. The number of nitrogens with two attached hydrogens (primary N) is 1. The Bertz CT molecular complexity index is 485. The topological polar surface area (TPSA) is 62.3 Å². The Morgan fingerprint density at radius 1 is 1.33 bits per heavy atom. The fourth-order valence-electron chi connectivity index (χ4n) is 2.61. The lowest BCUT2D eigenvalue weighted by atomic mass is 9.86. The van der Waals surface area contributed by atoms with E-state index in [1.54, 1.807) is 0 Å². The Morgan fingerprint density at radius 2 is 2.10 bits per heavy atom. The van der Waals surface area contributed by atoms with Crippen molar-refractivity contribution in [3.05, 3.63) is 29.8 Å². The second kappa shape index (κ2) is 6.94. The van der Waals surface area contributed by atoms with Gasteiger partial charge >= 0.3 is 0 Å². The first-order chi connectivity index (χ1) is 9.99. The fourth-order valence-corrected chi connectivity index (χ4v) is 2.61. The van der Waals surface area contributed by atoms with Crippen LogP contribution in [0, 0.1) is 10.8 Å². The molecular formula is C17H27N3O. The van der Waals surface area contributed by atoms with Gasteiger partial charge in [0.1, 0.15) is 12.4 Å². The molecule has 0 saturated heterocycles. The lowest BCUT2D eigenvalue weighted by molar-refractivity contribution is 0.220. The molecule has 1 heterocycles. The Labute approximate surface area is 127 Å². The van der Waals surface area contributed by atoms with Gasteiger partial charge in [0.15, 0.2) is 0 Å². The molecule has 1 aromatic carbocycles. The van der Waals surface area contributed by atoms with Crippen LogP contribution < -0.4 is 10.5 Å². The zero-order valence-electron chi connectivity index (χ0n) is 13.2. The summed E-state index contributed by atoms with van der Waals surface area (Å²) in [6.45, 7) is 7.87. The van der Waals surface area contributed by atoms with Gasteiger partial charge in [-0.1, -0.05) is 38.5 Å². The van der Waals surface area contributed by atoms with Crippen LogP contribution in [0.2, 0.25) is 0 Å². The lowest BCUT2D eigenvalue weighted by Gasteiger charge is -2.24. The minimum absolute atomic E-state index is 0.172. The minimum atomic E-state index is -0.172. The molecule has 0 saturated carbocycles. The quantitative estimate of drug-likeness (QED) is 0.481. The molecule has 3 N–H and O–H groups in total. The van der Waals surface area contributed by atoms with E-state index in [1.165, 1.54) is 5.56 Å². The summed E-state index contributed by atoms with van der Waals surface area (Å²) in [7, 11) is 0. The number of nitrogens with zero attached hydrogens (tertiary/aromatic N) is 1. The summed E-state index contributed by atoms with van der Waals surface area (Å²) >= 11 is 0. The normalized spacial score (nSPS) is 15.9. The lowest BCUT2D eigenvalue weighted by Crippen LogP contribution is -2.31. The number of para-hydroxylation sites is 1. The number of ether oxygens (including phenoxy) is 1. The summed E-state index contributed by atoms with van der Waals surface area (Å²) in [5.41, 5.74) is 6.73. The van der Waals surface area contributed by atoms with Crippen LogP contribution in [0.15, 0.2) is 24.3 Å². The molecule has 4 heteroatoms. The van der Waals surface area contributed by atoms with Crippen LogP contribution in [-0.2, 0) is 6.54 Å². The summed E-state index contributed by atoms with van der Waals surface area (Å²) < 4.78 is 5.78. The van der Waals surface area contributed by atoms with E-state index in [9.17, 15) is 0 Å². The molecule has 4 nitrogen and oxygen atoms in total. The summed E-state index contributed by atoms with van der Waals surface area (Å²) in [5, 5.41) is 7.59. The number of unbranched alkanes of at least 4 members (excludes halogenated alkanes) is 1. The van der Waals surface area contributed by atoms with Gasteiger partial charge in [-0.25, -0.2) is 0 Å². The Balaban J connectivity index is 1.78. The van der Waals surface area contributed by atoms with E-state index >= 15 is 0 Å². The van der Waals surface area contributed by atoms with Gasteiger partial charge in [-0.15, -0.1) is 0 Å². The third-order valence-corrected chi connectivity index (χ3v) is 4.29. The number of nitrogens with one attached hydrogen (secondary N) is 1. The van der Waals surface area contributed by atoms with Crippen LogP contribution in [0.25, 0.3) is 0 Å². The van der Waals surface area contributed by atoms with Gasteiger partial charge in [0.2, 0.25) is 0 Å². The number of benzene rings is 1. The molecular weight excluding hydrogens is 262 g/mol. The van der Waals surface area contributed by atoms with Crippen LogP contribution >= 0.6 is 0 Å². The van der Waals surface area contributed by atoms with Crippen molar-refractivity contribution >= 4 is 5.84 Å². The van der Waals surface area contributed by atoms with Crippen molar-refractivity contribution < 1.29 is 4.74 Å². The van der Waals surface area contributed by atoms with E-state index < -0.39 is 0 Å². The molecule has 0 aromatic heterocycles. The van der Waals surface area contributed by atoms with Gasteiger partial charge in [-0.05, 0) is 25.5 Å². The summed E-state index contributed by atoms with van der Waals surface area (Å²) in [6.07, 6.45) is 3.22. The van der Waals surface area contributed by atoms with Crippen molar-refractivity contribution in [2.45, 2.75) is 39.7 Å². The first-order valence-corrected chi connectivity index (χ1v) is 7.76. The number of hydrogen-bond acceptors (Lipinski definition) is 3. The van der Waals surface area contributed by atoms with Crippen LogP contribution in [-0.4, -0.2) is 30.4 Å². The molecule has 21 heavy (non-hydrogen) atoms. The zero-order chi connectivity index (χ0) is 15.3. The molecule has 0 fully saturated rings. The maximum absolute atomic E-state index is 7.59. The highest BCUT2D eigenvalue weighted by molar-refractivity contribution is 5.82. The van der Waals surface area contributed by atoms with E-state index in [0.29, 0.717) is 5.84 Å². The molecule has 0 unspecified atom stereocenters. The minimum Gasteiger partial charge on any atom is -0.492 e. The third kappa shape index (κ3) is 4.46. The summed E-state index contributed by atoms with van der Waals surface area (Å²) in [6, 6.07) is 8.29. The standard InChI is InChI=1S/C17H27N3O/c1-17(2,16(18)19)9-5-6-10-20-11-12-21-15-8-4-3-7-14(15)13-20/h3-4,7-8H,5-6,9-13H2,1-2H3,(H3,18,19). The highest BCUT2D eigenvalue weighted by Gasteiger charge is 2.21. The van der Waals surface area contributed by atoms with E-state index in [0.717, 1.165) is 51.3 Å². The SMILES string of the molecule is CC(C)(CCCCN1CCOc2ccccc2C1)C(=N)N. The molecule has 0 radical (unpaired) electrons. The molecule has 1 aromatic rings. The van der Waals surface area contributed by atoms with Crippen molar-refractivity contribution in [3.8, 4) is 5.75 Å². The fraction of sp³-hybridized carbons (Fsp3) is 0.588. The second-order valence-electron chi connectivity index (χ2n) is 6.49. The number of rotatable bonds is 6. The average molecular weight is 289 g/mol. The van der Waals surface area contributed by atoms with Crippen LogP contribution in [0.3, 0.4) is 0 Å². The van der Waals surface area contributed by atoms with Gasteiger partial charge in [-0.3, -0.25) is 10.3 Å². The summed E-state index contributed by atoms with van der Waals surface area (Å²) in [5.74, 6) is 1.32. The first kappa shape index (κ1) is 15.8. The Kier molecular flexibility index (Phi) is 5.23. The smallest absolute Gasteiger partial charge is 0.123 e. The van der Waals surface area contributed by atoms with Crippen molar-refractivity contribution in [1.82, 2.24) is 4.90 Å². The van der Waals surface area contributed by atoms with Crippen molar-refractivity contribution in [3.63, 3.8) is 0 Å². The van der Waals surface area contributed by atoms with Gasteiger partial charge in [0, 0.05) is 24.1 Å². The largest absolute Gasteiger partial charge is 0.492 e. The Hall–Kier alpha value is -1.55. The molecule has 0 aliphatic carbocycles. The second-order valence-corrected chi connectivity index (χ2v) is 6.49. The zero-order valence-corrected chi connectivity index (χ0v) is 13.2. The van der Waals surface area contributed by atoms with Gasteiger partial charge < -0.3 is 10.5 Å². The molecule has 1 aliphatic rings. The van der Waals surface area contributed by atoms with E-state index in [1.807, 2.05) is 26.0 Å². The number of fused-ring (bicyclic) bond motifs is 1. The molecule has 0 amide bonds. The molecule has 2 rings (SSSR count). The molecule has 1 aliphatic heterocycles. The van der Waals surface area contributed by atoms with Gasteiger partial charge in [-0.2, -0.15) is 0 Å². The molecule has 116 valence electrons. The third-order valence-electron chi connectivity index (χ3n) is 4.29. The van der Waals surface area contributed by atoms with Gasteiger partial charge in [0.05, 0.1) is 5.84 Å². The summed E-state index contributed by atoms with van der Waals surface area (Å²) in [4.78, 5) is 2.45. The highest BCUT2D eigenvalue weighted by Crippen LogP contribution is 2.24. The average Bonchev–Trinajstić information content (AvgIpc) is 2.65. The van der Waals surface area contributed by atoms with Crippen LogP contribution in [0.1, 0.15) is 38.7 Å². The molecule has 0 bridgehead atoms. The maximum Gasteiger partial charge on any atom is 0.123 e. The van der Waals surface area contributed by atoms with Crippen LogP contribution in [0.4, 0.5) is 0 Å². The molecule has 0 spiro atoms. The van der Waals surface area contributed by atoms with Crippen LogP contribution in [0.5, 0.6) is 5.75 Å². The van der Waals surface area contributed by atoms with E-state index in [2.05, 4.69) is 17.0 Å².